The first-order valence-electron chi connectivity index (χ1n) is 12.9. The molecule has 2 aromatic carbocycles. The minimum absolute atomic E-state index is 0.0225. The van der Waals surface area contributed by atoms with E-state index in [-0.39, 0.29) is 36.7 Å². The van der Waals surface area contributed by atoms with Crippen LogP contribution in [-0.2, 0) is 14.3 Å². The van der Waals surface area contributed by atoms with Crippen molar-refractivity contribution in [1.82, 2.24) is 4.90 Å². The lowest BCUT2D eigenvalue weighted by molar-refractivity contribution is -0.150. The van der Waals surface area contributed by atoms with Crippen molar-refractivity contribution in [2.75, 3.05) is 20.3 Å². The Kier molecular flexibility index (Phi) is 8.68. The zero-order valence-electron chi connectivity index (χ0n) is 22.5. The van der Waals surface area contributed by atoms with Crippen molar-refractivity contribution >= 4 is 35.3 Å². The molecule has 9 heteroatoms. The van der Waals surface area contributed by atoms with Crippen molar-refractivity contribution < 1.29 is 28.5 Å². The van der Waals surface area contributed by atoms with Crippen LogP contribution in [0.4, 0.5) is 4.79 Å². The summed E-state index contributed by atoms with van der Waals surface area (Å²) < 4.78 is 22.4. The Balaban J connectivity index is 1.41. The van der Waals surface area contributed by atoms with Crippen LogP contribution in [0.5, 0.6) is 11.5 Å². The maximum Gasteiger partial charge on any atom is 0.410 e. The van der Waals surface area contributed by atoms with Gasteiger partial charge in [0.2, 0.25) is 0 Å². The Labute approximate surface area is 234 Å². The van der Waals surface area contributed by atoms with Crippen molar-refractivity contribution in [3.8, 4) is 11.5 Å². The van der Waals surface area contributed by atoms with Crippen LogP contribution in [0.15, 0.2) is 36.4 Å². The molecular weight excluding hydrogens is 529 g/mol. The predicted octanol–water partition coefficient (Wildman–Crippen LogP) is 6.80. The smallest absolute Gasteiger partial charge is 0.410 e. The van der Waals surface area contributed by atoms with Crippen molar-refractivity contribution in [1.29, 1.82) is 0 Å². The normalized spacial score (nSPS) is 22.7. The van der Waals surface area contributed by atoms with Crippen molar-refractivity contribution in [3.63, 3.8) is 0 Å². The highest BCUT2D eigenvalue weighted by atomic mass is 35.5. The average Bonchev–Trinajstić information content (AvgIpc) is 3.15. The number of rotatable bonds is 7. The van der Waals surface area contributed by atoms with E-state index >= 15 is 0 Å². The van der Waals surface area contributed by atoms with Gasteiger partial charge in [0.15, 0.2) is 5.75 Å². The van der Waals surface area contributed by atoms with E-state index in [4.69, 9.17) is 42.1 Å². The molecule has 1 amide bonds. The number of amides is 1. The second kappa shape index (κ2) is 11.6. The van der Waals surface area contributed by atoms with Gasteiger partial charge in [-0.15, -0.1) is 0 Å². The Hall–Kier alpha value is -2.64. The van der Waals surface area contributed by atoms with Gasteiger partial charge in [0.1, 0.15) is 24.6 Å². The fraction of sp³-hybridized carbons (Fsp3) is 0.517. The number of nitrogens with zero attached hydrogens (tertiary/aromatic N) is 1. The van der Waals surface area contributed by atoms with Gasteiger partial charge in [-0.05, 0) is 82.3 Å². The third-order valence-electron chi connectivity index (χ3n) is 7.05. The van der Waals surface area contributed by atoms with Crippen molar-refractivity contribution in [2.45, 2.75) is 70.6 Å². The first-order valence-corrected chi connectivity index (χ1v) is 13.6. The van der Waals surface area contributed by atoms with Crippen LogP contribution in [0.25, 0.3) is 0 Å². The third kappa shape index (κ3) is 6.32. The fourth-order valence-corrected chi connectivity index (χ4v) is 6.25. The molecule has 0 spiro atoms. The number of esters is 1. The molecule has 4 rings (SSSR count). The fourth-order valence-electron chi connectivity index (χ4n) is 5.54. The summed E-state index contributed by atoms with van der Waals surface area (Å²) in [5, 5.41) is 0.928. The van der Waals surface area contributed by atoms with Crippen LogP contribution in [0, 0.1) is 12.8 Å². The summed E-state index contributed by atoms with van der Waals surface area (Å²) in [5.74, 6) is 0.290. The minimum atomic E-state index is -0.604. The summed E-state index contributed by atoms with van der Waals surface area (Å²) in [6.07, 6.45) is 1.89. The molecule has 2 heterocycles. The maximum atomic E-state index is 13.0. The standard InChI is InChI=1S/C29H35Cl2NO6/c1-17-14-22(30)26(23(31)15-17)37-13-12-36-20-9-6-18(7-10-20)21-16-19-8-11-24(25(21)27(33)35-5)32(19)28(34)38-29(2,3)4/h6-7,9-10,14-15,19,21,24-25H,8,11-13,16H2,1-5H3. The molecule has 206 valence electrons. The highest BCUT2D eigenvalue weighted by Gasteiger charge is 2.53. The second-order valence-corrected chi connectivity index (χ2v) is 11.7. The van der Waals surface area contributed by atoms with Crippen molar-refractivity contribution in [3.05, 3.63) is 57.6 Å². The number of benzene rings is 2. The van der Waals surface area contributed by atoms with Gasteiger partial charge in [-0.2, -0.15) is 0 Å². The SMILES string of the molecule is COC(=O)C1C(c2ccc(OCCOc3c(Cl)cc(C)cc3Cl)cc2)CC2CCC1N2C(=O)OC(C)(C)C. The van der Waals surface area contributed by atoms with E-state index in [2.05, 4.69) is 0 Å². The molecule has 2 saturated heterocycles. The summed E-state index contributed by atoms with van der Waals surface area (Å²) in [5.41, 5.74) is 1.37. The quantitative estimate of drug-likeness (QED) is 0.272. The van der Waals surface area contributed by atoms with Crippen LogP contribution < -0.4 is 9.47 Å². The minimum Gasteiger partial charge on any atom is -0.490 e. The number of aryl methyl sites for hydroxylation is 1. The van der Waals surface area contributed by atoms with E-state index in [1.807, 2.05) is 52.0 Å². The highest BCUT2D eigenvalue weighted by molar-refractivity contribution is 6.37. The van der Waals surface area contributed by atoms with Crippen LogP contribution in [-0.4, -0.2) is 55.0 Å². The van der Waals surface area contributed by atoms with Gasteiger partial charge in [-0.25, -0.2) is 4.79 Å². The number of hydrogen-bond acceptors (Lipinski definition) is 6. The van der Waals surface area contributed by atoms with Gasteiger partial charge in [-0.3, -0.25) is 4.79 Å². The largest absolute Gasteiger partial charge is 0.490 e. The third-order valence-corrected chi connectivity index (χ3v) is 7.61. The van der Waals surface area contributed by atoms with E-state index in [9.17, 15) is 9.59 Å². The molecule has 0 saturated carbocycles. The first-order chi connectivity index (χ1) is 18.0. The zero-order chi connectivity index (χ0) is 27.6. The van der Waals surface area contributed by atoms with Gasteiger partial charge in [0.05, 0.1) is 23.1 Å². The lowest BCUT2D eigenvalue weighted by Gasteiger charge is -2.43. The molecule has 4 atom stereocenters. The number of carbonyl (C=O) groups is 2. The number of ether oxygens (including phenoxy) is 4. The Morgan fingerprint density at radius 2 is 1.63 bits per heavy atom. The molecule has 0 aromatic heterocycles. The number of carbonyl (C=O) groups excluding carboxylic acids is 2. The summed E-state index contributed by atoms with van der Waals surface area (Å²) in [7, 11) is 1.40. The number of piperidine rings is 1. The zero-order valence-corrected chi connectivity index (χ0v) is 24.0. The molecule has 7 nitrogen and oxygen atoms in total. The summed E-state index contributed by atoms with van der Waals surface area (Å²) in [6.45, 7) is 8.04. The number of methoxy groups -OCH3 is 1. The molecule has 2 aliphatic heterocycles. The average molecular weight is 565 g/mol. The van der Waals surface area contributed by atoms with Gasteiger partial charge >= 0.3 is 12.1 Å². The Morgan fingerprint density at radius 1 is 1.00 bits per heavy atom. The van der Waals surface area contributed by atoms with E-state index in [1.54, 1.807) is 17.0 Å². The predicted molar refractivity (Wildman–Crippen MR) is 146 cm³/mol. The lowest BCUT2D eigenvalue weighted by Crippen LogP contribution is -2.54. The summed E-state index contributed by atoms with van der Waals surface area (Å²) in [4.78, 5) is 27.7. The number of hydrogen-bond donors (Lipinski definition) is 0. The molecule has 0 N–H and O–H groups in total. The molecule has 2 aromatic rings. The van der Waals surface area contributed by atoms with E-state index in [1.165, 1.54) is 7.11 Å². The van der Waals surface area contributed by atoms with E-state index in [0.717, 1.165) is 24.0 Å². The molecule has 2 fully saturated rings. The van der Waals surface area contributed by atoms with Crippen LogP contribution in [0.1, 0.15) is 57.1 Å². The summed E-state index contributed by atoms with van der Waals surface area (Å²) >= 11 is 12.5. The number of fused-ring (bicyclic) bond motifs is 2. The van der Waals surface area contributed by atoms with Crippen LogP contribution in [0.2, 0.25) is 10.0 Å². The van der Waals surface area contributed by atoms with Crippen molar-refractivity contribution in [2.24, 2.45) is 5.92 Å². The molecule has 4 unspecified atom stereocenters. The highest BCUT2D eigenvalue weighted by Crippen LogP contribution is 2.48. The molecule has 0 radical (unpaired) electrons. The van der Waals surface area contributed by atoms with Gasteiger partial charge in [0.25, 0.3) is 0 Å². The Bertz CT molecular complexity index is 1140. The van der Waals surface area contributed by atoms with Gasteiger partial charge in [-0.1, -0.05) is 35.3 Å². The molecule has 38 heavy (non-hydrogen) atoms. The first kappa shape index (κ1) is 28.4. The Morgan fingerprint density at radius 3 is 2.24 bits per heavy atom. The molecule has 2 aliphatic rings. The van der Waals surface area contributed by atoms with E-state index in [0.29, 0.717) is 34.6 Å². The van der Waals surface area contributed by atoms with Gasteiger partial charge < -0.3 is 23.8 Å². The summed E-state index contributed by atoms with van der Waals surface area (Å²) in [6, 6.07) is 11.1. The maximum absolute atomic E-state index is 13.0. The van der Waals surface area contributed by atoms with Crippen LogP contribution in [0.3, 0.4) is 0 Å². The second-order valence-electron chi connectivity index (χ2n) is 10.9. The topological polar surface area (TPSA) is 74.3 Å². The van der Waals surface area contributed by atoms with Gasteiger partial charge in [0, 0.05) is 18.0 Å². The van der Waals surface area contributed by atoms with E-state index < -0.39 is 11.5 Å². The molecule has 0 aliphatic carbocycles. The molecule has 2 bridgehead atoms. The lowest BCUT2D eigenvalue weighted by atomic mass is 9.76. The monoisotopic (exact) mass is 563 g/mol. The number of halogens is 2. The van der Waals surface area contributed by atoms with Crippen LogP contribution >= 0.6 is 23.2 Å². The molecular formula is C29H35Cl2NO6.